The van der Waals surface area contributed by atoms with Crippen molar-refractivity contribution in [3.8, 4) is 0 Å². The molecule has 0 spiro atoms. The van der Waals surface area contributed by atoms with Crippen molar-refractivity contribution in [3.05, 3.63) is 11.6 Å². The first-order valence-corrected chi connectivity index (χ1v) is 7.57. The number of carbonyl (C=O) groups excluding carboxylic acids is 2. The van der Waals surface area contributed by atoms with E-state index in [1.165, 1.54) is 18.4 Å². The Morgan fingerprint density at radius 1 is 1.45 bits per heavy atom. The maximum absolute atomic E-state index is 12.0. The van der Waals surface area contributed by atoms with Crippen LogP contribution in [0.5, 0.6) is 0 Å². The molecule has 1 aliphatic carbocycles. The van der Waals surface area contributed by atoms with Crippen molar-refractivity contribution in [3.63, 3.8) is 0 Å². The molecule has 1 saturated carbocycles. The lowest BCUT2D eigenvalue weighted by molar-refractivity contribution is -0.142. The number of nitrogens with zero attached hydrogens (tertiary/aromatic N) is 2. The molecule has 20 heavy (non-hydrogen) atoms. The molecule has 1 aliphatic rings. The molecule has 2 rings (SSSR count). The predicted molar refractivity (Wildman–Crippen MR) is 76.6 cm³/mol. The van der Waals surface area contributed by atoms with Crippen molar-refractivity contribution in [1.82, 2.24) is 9.88 Å². The van der Waals surface area contributed by atoms with Gasteiger partial charge in [0.2, 0.25) is 5.91 Å². The van der Waals surface area contributed by atoms with Gasteiger partial charge in [-0.25, -0.2) is 4.98 Å². The van der Waals surface area contributed by atoms with Gasteiger partial charge in [0.15, 0.2) is 5.13 Å². The lowest BCUT2D eigenvalue weighted by atomic mass is 10.2. The topological polar surface area (TPSA) is 71.5 Å². The van der Waals surface area contributed by atoms with Crippen molar-refractivity contribution in [2.24, 2.45) is 0 Å². The normalized spacial score (nSPS) is 15.5. The second-order valence-corrected chi connectivity index (χ2v) is 5.70. The van der Waals surface area contributed by atoms with Crippen LogP contribution in [0, 0.1) is 0 Å². The largest absolute Gasteiger partial charge is 0.468 e. The highest BCUT2D eigenvalue weighted by Gasteiger charge is 2.26. The number of rotatable bonds is 6. The van der Waals surface area contributed by atoms with E-state index >= 15 is 0 Å². The molecule has 7 heteroatoms. The molecule has 110 valence electrons. The Labute approximate surface area is 122 Å². The Morgan fingerprint density at radius 2 is 2.20 bits per heavy atom. The summed E-state index contributed by atoms with van der Waals surface area (Å²) < 4.78 is 4.71. The fourth-order valence-corrected chi connectivity index (χ4v) is 2.99. The minimum absolute atomic E-state index is 0.143. The smallest absolute Gasteiger partial charge is 0.319 e. The number of thiazole rings is 1. The number of amides is 1. The molecular weight excluding hydrogens is 278 g/mol. The Morgan fingerprint density at radius 3 is 2.80 bits per heavy atom. The average molecular weight is 297 g/mol. The maximum atomic E-state index is 12.0. The second-order valence-electron chi connectivity index (χ2n) is 4.80. The van der Waals surface area contributed by atoms with Crippen LogP contribution >= 0.6 is 11.3 Å². The summed E-state index contributed by atoms with van der Waals surface area (Å²) in [6, 6.07) is 0.288. The van der Waals surface area contributed by atoms with Gasteiger partial charge < -0.3 is 10.1 Å². The van der Waals surface area contributed by atoms with Gasteiger partial charge in [0.25, 0.3) is 0 Å². The van der Waals surface area contributed by atoms with E-state index in [4.69, 9.17) is 4.74 Å². The predicted octanol–water partition coefficient (Wildman–Crippen LogP) is 1.50. The van der Waals surface area contributed by atoms with Crippen LogP contribution in [0.4, 0.5) is 5.13 Å². The molecule has 0 radical (unpaired) electrons. The minimum Gasteiger partial charge on any atom is -0.468 e. The summed E-state index contributed by atoms with van der Waals surface area (Å²) >= 11 is 1.38. The number of aromatic nitrogens is 1. The highest BCUT2D eigenvalue weighted by atomic mass is 32.1. The monoisotopic (exact) mass is 297 g/mol. The van der Waals surface area contributed by atoms with Crippen LogP contribution in [0.2, 0.25) is 0 Å². The molecule has 0 aromatic carbocycles. The first kappa shape index (κ1) is 14.9. The fraction of sp³-hybridized carbons (Fsp3) is 0.615. The molecule has 1 N–H and O–H groups in total. The molecule has 1 aromatic heterocycles. The van der Waals surface area contributed by atoms with Crippen molar-refractivity contribution in [1.29, 1.82) is 0 Å². The van der Waals surface area contributed by atoms with Gasteiger partial charge in [-0.05, 0) is 12.8 Å². The first-order chi connectivity index (χ1) is 9.69. The van der Waals surface area contributed by atoms with Crippen molar-refractivity contribution in [2.75, 3.05) is 25.5 Å². The zero-order valence-corrected chi connectivity index (χ0v) is 12.3. The lowest BCUT2D eigenvalue weighted by Crippen LogP contribution is -2.42. The van der Waals surface area contributed by atoms with Crippen molar-refractivity contribution >= 4 is 28.3 Å². The molecular formula is C13H19N3O3S. The van der Waals surface area contributed by atoms with Gasteiger partial charge in [0, 0.05) is 17.6 Å². The third kappa shape index (κ3) is 4.28. The Hall–Kier alpha value is -1.47. The number of hydrogen-bond donors (Lipinski definition) is 1. The maximum Gasteiger partial charge on any atom is 0.319 e. The number of hydrogen-bond acceptors (Lipinski definition) is 6. The zero-order chi connectivity index (χ0) is 14.4. The van der Waals surface area contributed by atoms with E-state index in [0.29, 0.717) is 5.13 Å². The van der Waals surface area contributed by atoms with Crippen LogP contribution in [0.3, 0.4) is 0 Å². The highest BCUT2D eigenvalue weighted by Crippen LogP contribution is 2.23. The van der Waals surface area contributed by atoms with E-state index in [1.807, 2.05) is 4.90 Å². The van der Waals surface area contributed by atoms with Gasteiger partial charge in [-0.15, -0.1) is 11.3 Å². The lowest BCUT2D eigenvalue weighted by Gasteiger charge is -2.26. The van der Waals surface area contributed by atoms with Gasteiger partial charge in [-0.1, -0.05) is 12.8 Å². The molecule has 0 unspecified atom stereocenters. The quantitative estimate of drug-likeness (QED) is 0.806. The number of anilines is 1. The summed E-state index contributed by atoms with van der Waals surface area (Å²) in [7, 11) is 1.37. The van der Waals surface area contributed by atoms with Crippen molar-refractivity contribution in [2.45, 2.75) is 31.7 Å². The Balaban J connectivity index is 1.91. The van der Waals surface area contributed by atoms with Crippen LogP contribution < -0.4 is 5.32 Å². The van der Waals surface area contributed by atoms with E-state index in [9.17, 15) is 9.59 Å². The van der Waals surface area contributed by atoms with Gasteiger partial charge in [0.1, 0.15) is 0 Å². The summed E-state index contributed by atoms with van der Waals surface area (Å²) in [5.74, 6) is -0.449. The van der Waals surface area contributed by atoms with Crippen LogP contribution in [0.1, 0.15) is 25.7 Å². The number of ether oxygens (including phenoxy) is 1. The molecule has 0 saturated heterocycles. The molecule has 1 heterocycles. The number of methoxy groups -OCH3 is 1. The molecule has 0 aliphatic heterocycles. The molecule has 0 bridgehead atoms. The van der Waals surface area contributed by atoms with Crippen LogP contribution in [-0.2, 0) is 14.3 Å². The number of carbonyl (C=O) groups is 2. The fourth-order valence-electron chi connectivity index (χ4n) is 2.44. The summed E-state index contributed by atoms with van der Waals surface area (Å²) in [4.78, 5) is 29.4. The number of nitrogens with one attached hydrogen (secondary N) is 1. The Bertz CT molecular complexity index is 444. The standard InChI is InChI=1S/C13H19N3O3S/c1-19-12(18)9-16(10-4-2-3-5-10)8-11(17)15-13-14-6-7-20-13/h6-7,10H,2-5,8-9H2,1H3,(H,14,15,17). The Kier molecular flexibility index (Phi) is 5.49. The van der Waals surface area contributed by atoms with E-state index in [2.05, 4.69) is 10.3 Å². The first-order valence-electron chi connectivity index (χ1n) is 6.69. The van der Waals surface area contributed by atoms with Crippen molar-refractivity contribution < 1.29 is 14.3 Å². The zero-order valence-electron chi connectivity index (χ0n) is 11.5. The molecule has 6 nitrogen and oxygen atoms in total. The SMILES string of the molecule is COC(=O)CN(CC(=O)Nc1nccs1)C1CCCC1. The van der Waals surface area contributed by atoms with Crippen LogP contribution in [0.25, 0.3) is 0 Å². The molecule has 1 amide bonds. The average Bonchev–Trinajstić information content (AvgIpc) is 3.10. The van der Waals surface area contributed by atoms with Gasteiger partial charge in [-0.3, -0.25) is 14.5 Å². The highest BCUT2D eigenvalue weighted by molar-refractivity contribution is 7.13. The summed E-state index contributed by atoms with van der Waals surface area (Å²) in [6.45, 7) is 0.353. The van der Waals surface area contributed by atoms with Gasteiger partial charge >= 0.3 is 5.97 Å². The summed E-state index contributed by atoms with van der Waals surface area (Å²) in [5, 5.41) is 5.13. The molecule has 1 aromatic rings. The molecule has 1 fully saturated rings. The van der Waals surface area contributed by atoms with Crippen LogP contribution in [-0.4, -0.2) is 48.0 Å². The molecule has 0 atom stereocenters. The van der Waals surface area contributed by atoms with Crippen LogP contribution in [0.15, 0.2) is 11.6 Å². The van der Waals surface area contributed by atoms with E-state index < -0.39 is 0 Å². The van der Waals surface area contributed by atoms with E-state index in [-0.39, 0.29) is 31.0 Å². The minimum atomic E-state index is -0.307. The van der Waals surface area contributed by atoms with E-state index in [1.54, 1.807) is 11.6 Å². The van der Waals surface area contributed by atoms with Gasteiger partial charge in [-0.2, -0.15) is 0 Å². The van der Waals surface area contributed by atoms with Gasteiger partial charge in [0.05, 0.1) is 20.2 Å². The second kappa shape index (κ2) is 7.35. The summed E-state index contributed by atoms with van der Waals surface area (Å²) in [6.07, 6.45) is 6.00. The van der Waals surface area contributed by atoms with E-state index in [0.717, 1.165) is 25.7 Å². The number of esters is 1. The summed E-state index contributed by atoms with van der Waals surface area (Å²) in [5.41, 5.74) is 0. The third-order valence-corrected chi connectivity index (χ3v) is 4.11. The third-order valence-electron chi connectivity index (χ3n) is 3.43.